The van der Waals surface area contributed by atoms with E-state index in [1.165, 1.54) is 12.8 Å². The lowest BCUT2D eigenvalue weighted by Crippen LogP contribution is -2.41. The maximum absolute atomic E-state index is 6.04. The van der Waals surface area contributed by atoms with Gasteiger partial charge < -0.3 is 14.6 Å². The molecule has 1 N–H and O–H groups in total. The van der Waals surface area contributed by atoms with Crippen LogP contribution in [0.4, 0.5) is 0 Å². The Bertz CT molecular complexity index is 465. The molecule has 0 bridgehead atoms. The van der Waals surface area contributed by atoms with Crippen molar-refractivity contribution in [2.24, 2.45) is 0 Å². The number of rotatable bonds is 2. The third kappa shape index (κ3) is 2.38. The molecule has 1 aromatic rings. The van der Waals surface area contributed by atoms with Crippen LogP contribution >= 0.6 is 0 Å². The second-order valence-electron chi connectivity index (χ2n) is 6.75. The topological polar surface area (TPSA) is 43.4 Å². The summed E-state index contributed by atoms with van der Waals surface area (Å²) in [5.41, 5.74) is 1.50. The molecule has 108 valence electrons. The van der Waals surface area contributed by atoms with Crippen LogP contribution in [0.2, 0.25) is 0 Å². The molecule has 0 amide bonds. The maximum atomic E-state index is 6.04. The van der Waals surface area contributed by atoms with Gasteiger partial charge in [-0.15, -0.1) is 0 Å². The van der Waals surface area contributed by atoms with Crippen LogP contribution in [0, 0.1) is 0 Å². The molecular formula is C15H23BN2O2. The van der Waals surface area contributed by atoms with Crippen molar-refractivity contribution in [3.8, 4) is 0 Å². The summed E-state index contributed by atoms with van der Waals surface area (Å²) in [6.45, 7) is 9.36. The molecule has 0 aromatic carbocycles. The lowest BCUT2D eigenvalue weighted by molar-refractivity contribution is 0.00578. The van der Waals surface area contributed by atoms with Gasteiger partial charge in [0.2, 0.25) is 0 Å². The molecule has 2 saturated heterocycles. The Balaban J connectivity index is 1.75. The van der Waals surface area contributed by atoms with Crippen LogP contribution in [0.1, 0.15) is 52.3 Å². The van der Waals surface area contributed by atoms with Crippen molar-refractivity contribution in [1.29, 1.82) is 0 Å². The minimum absolute atomic E-state index is 0.302. The number of nitrogens with zero attached hydrogens (tertiary/aromatic N) is 1. The average Bonchev–Trinajstić information content (AvgIpc) is 2.97. The van der Waals surface area contributed by atoms with E-state index in [1.54, 1.807) is 0 Å². The Labute approximate surface area is 121 Å². The molecule has 20 heavy (non-hydrogen) atoms. The zero-order valence-corrected chi connectivity index (χ0v) is 12.8. The van der Waals surface area contributed by atoms with Gasteiger partial charge >= 0.3 is 7.12 Å². The van der Waals surface area contributed by atoms with Crippen LogP contribution in [0.15, 0.2) is 18.3 Å². The normalized spacial score (nSPS) is 28.0. The highest BCUT2D eigenvalue weighted by Gasteiger charge is 2.51. The summed E-state index contributed by atoms with van der Waals surface area (Å²) in [4.78, 5) is 4.58. The fraction of sp³-hybridized carbons (Fsp3) is 0.667. The van der Waals surface area contributed by atoms with E-state index >= 15 is 0 Å². The van der Waals surface area contributed by atoms with Gasteiger partial charge in [-0.05, 0) is 53.1 Å². The van der Waals surface area contributed by atoms with Crippen molar-refractivity contribution in [3.63, 3.8) is 0 Å². The SMILES string of the molecule is CC1(C)OB(c2ccc([C@H]3CCCN3)nc2)OC1(C)C. The van der Waals surface area contributed by atoms with Crippen LogP contribution in [-0.4, -0.2) is 29.8 Å². The van der Waals surface area contributed by atoms with E-state index in [9.17, 15) is 0 Å². The molecular weight excluding hydrogens is 251 g/mol. The number of hydrogen-bond donors (Lipinski definition) is 1. The standard InChI is InChI=1S/C15H23BN2O2/c1-14(2)15(3,4)20-16(19-14)11-7-8-13(18-10-11)12-6-5-9-17-12/h7-8,10,12,17H,5-6,9H2,1-4H3/t12-/m1/s1. The molecule has 0 saturated carbocycles. The first-order valence-corrected chi connectivity index (χ1v) is 7.44. The Morgan fingerprint density at radius 1 is 1.20 bits per heavy atom. The quantitative estimate of drug-likeness (QED) is 0.835. The van der Waals surface area contributed by atoms with Gasteiger partial charge in [-0.2, -0.15) is 0 Å². The molecule has 2 aliphatic heterocycles. The highest BCUT2D eigenvalue weighted by atomic mass is 16.7. The lowest BCUT2D eigenvalue weighted by atomic mass is 9.80. The van der Waals surface area contributed by atoms with Crippen molar-refractivity contribution in [3.05, 3.63) is 24.0 Å². The van der Waals surface area contributed by atoms with Gasteiger partial charge in [0.25, 0.3) is 0 Å². The largest absolute Gasteiger partial charge is 0.496 e. The summed E-state index contributed by atoms with van der Waals surface area (Å²) in [7, 11) is -0.321. The molecule has 1 atom stereocenters. The van der Waals surface area contributed by atoms with Gasteiger partial charge in [-0.1, -0.05) is 6.07 Å². The summed E-state index contributed by atoms with van der Waals surface area (Å²) >= 11 is 0. The van der Waals surface area contributed by atoms with Crippen LogP contribution in [0.3, 0.4) is 0 Å². The Morgan fingerprint density at radius 2 is 1.90 bits per heavy atom. The molecule has 1 aromatic heterocycles. The molecule has 5 heteroatoms. The molecule has 0 radical (unpaired) electrons. The summed E-state index contributed by atoms with van der Waals surface area (Å²) in [5.74, 6) is 0. The molecule has 2 aliphatic rings. The maximum Gasteiger partial charge on any atom is 0.496 e. The molecule has 3 heterocycles. The van der Waals surface area contributed by atoms with Gasteiger partial charge in [-0.25, -0.2) is 0 Å². The second-order valence-corrected chi connectivity index (χ2v) is 6.75. The first kappa shape index (κ1) is 14.0. The minimum atomic E-state index is -0.321. The van der Waals surface area contributed by atoms with Crippen molar-refractivity contribution >= 4 is 12.6 Å². The van der Waals surface area contributed by atoms with Gasteiger partial charge in [0.1, 0.15) is 0 Å². The van der Waals surface area contributed by atoms with Gasteiger partial charge in [0.05, 0.1) is 16.9 Å². The van der Waals surface area contributed by atoms with E-state index in [4.69, 9.17) is 9.31 Å². The number of pyridine rings is 1. The first-order valence-electron chi connectivity index (χ1n) is 7.44. The smallest absolute Gasteiger partial charge is 0.399 e. The number of hydrogen-bond acceptors (Lipinski definition) is 4. The van der Waals surface area contributed by atoms with Gasteiger partial charge in [0, 0.05) is 17.7 Å². The van der Waals surface area contributed by atoms with E-state index in [0.717, 1.165) is 17.7 Å². The number of aromatic nitrogens is 1. The van der Waals surface area contributed by atoms with Crippen molar-refractivity contribution < 1.29 is 9.31 Å². The van der Waals surface area contributed by atoms with E-state index in [0.29, 0.717) is 6.04 Å². The zero-order chi connectivity index (χ0) is 14.4. The molecule has 0 aliphatic carbocycles. The molecule has 0 unspecified atom stereocenters. The van der Waals surface area contributed by atoms with Crippen LogP contribution in [0.25, 0.3) is 0 Å². The van der Waals surface area contributed by atoms with E-state index in [2.05, 4.69) is 50.1 Å². The molecule has 2 fully saturated rings. The first-order chi connectivity index (χ1) is 9.39. The Hall–Kier alpha value is -0.905. The van der Waals surface area contributed by atoms with Crippen molar-refractivity contribution in [2.75, 3.05) is 6.54 Å². The fourth-order valence-corrected chi connectivity index (χ4v) is 2.68. The third-order valence-electron chi connectivity index (χ3n) is 4.75. The van der Waals surface area contributed by atoms with E-state index < -0.39 is 0 Å². The third-order valence-corrected chi connectivity index (χ3v) is 4.75. The highest BCUT2D eigenvalue weighted by molar-refractivity contribution is 6.62. The molecule has 0 spiro atoms. The van der Waals surface area contributed by atoms with Gasteiger partial charge in [-0.3, -0.25) is 4.98 Å². The Morgan fingerprint density at radius 3 is 2.40 bits per heavy atom. The van der Waals surface area contributed by atoms with Crippen molar-refractivity contribution in [1.82, 2.24) is 10.3 Å². The Kier molecular flexibility index (Phi) is 3.39. The van der Waals surface area contributed by atoms with Gasteiger partial charge in [0.15, 0.2) is 0 Å². The highest BCUT2D eigenvalue weighted by Crippen LogP contribution is 2.36. The van der Waals surface area contributed by atoms with E-state index in [-0.39, 0.29) is 18.3 Å². The average molecular weight is 274 g/mol. The monoisotopic (exact) mass is 274 g/mol. The second kappa shape index (κ2) is 4.83. The summed E-state index contributed by atoms with van der Waals surface area (Å²) in [5, 5.41) is 3.46. The van der Waals surface area contributed by atoms with E-state index in [1.807, 2.05) is 6.20 Å². The minimum Gasteiger partial charge on any atom is -0.399 e. The molecule has 3 rings (SSSR count). The summed E-state index contributed by atoms with van der Waals surface area (Å²) in [6.07, 6.45) is 4.28. The van der Waals surface area contributed by atoms with Crippen LogP contribution < -0.4 is 10.8 Å². The van der Waals surface area contributed by atoms with Crippen LogP contribution in [0.5, 0.6) is 0 Å². The zero-order valence-electron chi connectivity index (χ0n) is 12.8. The lowest BCUT2D eigenvalue weighted by Gasteiger charge is -2.32. The number of nitrogens with one attached hydrogen (secondary N) is 1. The van der Waals surface area contributed by atoms with Crippen molar-refractivity contribution in [2.45, 2.75) is 57.8 Å². The summed E-state index contributed by atoms with van der Waals surface area (Å²) < 4.78 is 12.1. The predicted octanol–water partition coefficient (Wildman–Crippen LogP) is 1.81. The van der Waals surface area contributed by atoms with Crippen LogP contribution in [-0.2, 0) is 9.31 Å². The summed E-state index contributed by atoms with van der Waals surface area (Å²) in [6, 6.07) is 4.57. The predicted molar refractivity (Wildman–Crippen MR) is 79.9 cm³/mol. The fourth-order valence-electron chi connectivity index (χ4n) is 2.68. The molecule has 4 nitrogen and oxygen atoms in total.